The third-order valence-electron chi connectivity index (χ3n) is 2.89. The van der Waals surface area contributed by atoms with Crippen molar-refractivity contribution in [1.29, 1.82) is 0 Å². The van der Waals surface area contributed by atoms with Gasteiger partial charge in [-0.25, -0.2) is 4.98 Å². The van der Waals surface area contributed by atoms with Gasteiger partial charge in [-0.2, -0.15) is 0 Å². The van der Waals surface area contributed by atoms with Gasteiger partial charge in [-0.05, 0) is 24.6 Å². The Kier molecular flexibility index (Phi) is 2.63. The molecule has 2 aromatic carbocycles. The molecule has 84 valence electrons. The molecule has 0 N–H and O–H groups in total. The van der Waals surface area contributed by atoms with E-state index in [0.29, 0.717) is 0 Å². The fourth-order valence-corrected chi connectivity index (χ4v) is 2.76. The van der Waals surface area contributed by atoms with Gasteiger partial charge in [-0.15, -0.1) is 0 Å². The molecule has 0 atom stereocenters. The lowest BCUT2D eigenvalue weighted by atomic mass is 10.1. The number of aromatic nitrogens is 2. The minimum Gasteiger partial charge on any atom is -0.264 e. The van der Waals surface area contributed by atoms with Crippen LogP contribution in [0.15, 0.2) is 48.5 Å². The second-order valence-corrected chi connectivity index (χ2v) is 4.98. The van der Waals surface area contributed by atoms with E-state index in [2.05, 4.69) is 62.9 Å². The van der Waals surface area contributed by atoms with Crippen LogP contribution in [-0.2, 0) is 0 Å². The highest BCUT2D eigenvalue weighted by atomic mass is 127. The summed E-state index contributed by atoms with van der Waals surface area (Å²) in [6.45, 7) is 2.12. The Morgan fingerprint density at radius 3 is 2.47 bits per heavy atom. The van der Waals surface area contributed by atoms with E-state index in [1.165, 1.54) is 11.1 Å². The van der Waals surface area contributed by atoms with Gasteiger partial charge in [0, 0.05) is 5.56 Å². The van der Waals surface area contributed by atoms with Crippen molar-refractivity contribution in [2.75, 3.05) is 0 Å². The minimum absolute atomic E-state index is 1.02. The summed E-state index contributed by atoms with van der Waals surface area (Å²) in [5, 5.41) is 0. The van der Waals surface area contributed by atoms with Crippen molar-refractivity contribution in [3.8, 4) is 11.4 Å². The quantitative estimate of drug-likeness (QED) is 0.610. The van der Waals surface area contributed by atoms with Crippen LogP contribution in [-0.4, -0.2) is 7.76 Å². The van der Waals surface area contributed by atoms with Crippen LogP contribution in [0.5, 0.6) is 0 Å². The number of fused-ring (bicyclic) bond motifs is 1. The summed E-state index contributed by atoms with van der Waals surface area (Å²) in [7, 11) is 0. The molecule has 0 saturated heterocycles. The first-order chi connectivity index (χ1) is 8.27. The number of nitrogens with zero attached hydrogens (tertiary/aromatic N) is 2. The number of rotatable bonds is 1. The molecule has 2 nitrogen and oxygen atoms in total. The number of hydrogen-bond donors (Lipinski definition) is 0. The molecule has 0 bridgehead atoms. The molecule has 1 aromatic heterocycles. The molecule has 0 fully saturated rings. The van der Waals surface area contributed by atoms with E-state index in [1.807, 2.05) is 18.2 Å². The molecule has 1 heterocycles. The van der Waals surface area contributed by atoms with Crippen LogP contribution in [0.25, 0.3) is 22.4 Å². The van der Waals surface area contributed by atoms with E-state index in [9.17, 15) is 0 Å². The third kappa shape index (κ3) is 1.74. The number of benzene rings is 2. The van der Waals surface area contributed by atoms with Crippen LogP contribution in [0.2, 0.25) is 0 Å². The van der Waals surface area contributed by atoms with Gasteiger partial charge in [0.1, 0.15) is 5.82 Å². The van der Waals surface area contributed by atoms with Gasteiger partial charge in [0.15, 0.2) is 0 Å². The predicted molar refractivity (Wildman–Crippen MR) is 79.3 cm³/mol. The zero-order valence-corrected chi connectivity index (χ0v) is 11.5. The number of para-hydroxylation sites is 2. The van der Waals surface area contributed by atoms with Gasteiger partial charge in [0.05, 0.1) is 33.9 Å². The van der Waals surface area contributed by atoms with Crippen molar-refractivity contribution < 1.29 is 0 Å². The molecule has 0 aliphatic rings. The predicted octanol–water partition coefficient (Wildman–Crippen LogP) is 4.21. The highest BCUT2D eigenvalue weighted by molar-refractivity contribution is 14.1. The van der Waals surface area contributed by atoms with Gasteiger partial charge in [0.25, 0.3) is 0 Å². The monoisotopic (exact) mass is 334 g/mol. The summed E-state index contributed by atoms with van der Waals surface area (Å²) >= 11 is 2.31. The van der Waals surface area contributed by atoms with Gasteiger partial charge >= 0.3 is 0 Å². The zero-order chi connectivity index (χ0) is 11.8. The summed E-state index contributed by atoms with van der Waals surface area (Å²) in [5.41, 5.74) is 4.64. The maximum absolute atomic E-state index is 4.70. The van der Waals surface area contributed by atoms with E-state index in [0.717, 1.165) is 16.9 Å². The molecular formula is C14H11IN2. The van der Waals surface area contributed by atoms with E-state index >= 15 is 0 Å². The van der Waals surface area contributed by atoms with Crippen LogP contribution in [0.1, 0.15) is 5.56 Å². The molecule has 3 aromatic rings. The average Bonchev–Trinajstić information content (AvgIpc) is 2.68. The molecule has 3 rings (SSSR count). The largest absolute Gasteiger partial charge is 0.264 e. The van der Waals surface area contributed by atoms with Gasteiger partial charge in [0.2, 0.25) is 0 Å². The standard InChI is InChI=1S/C14H11IN2/c1-10-6-2-3-7-11(10)14-16-12-8-4-5-9-13(12)17(14)15/h2-9H,1H3. The zero-order valence-electron chi connectivity index (χ0n) is 9.39. The Balaban J connectivity index is 2.32. The third-order valence-corrected chi connectivity index (χ3v) is 3.87. The Hall–Kier alpha value is -1.36. The van der Waals surface area contributed by atoms with Crippen molar-refractivity contribution in [1.82, 2.24) is 7.76 Å². The van der Waals surface area contributed by atoms with E-state index in [4.69, 9.17) is 4.98 Å². The first-order valence-electron chi connectivity index (χ1n) is 5.47. The molecule has 17 heavy (non-hydrogen) atoms. The van der Waals surface area contributed by atoms with Gasteiger partial charge in [-0.3, -0.25) is 2.78 Å². The number of hydrogen-bond acceptors (Lipinski definition) is 1. The molecule has 0 aliphatic heterocycles. The molecule has 0 spiro atoms. The maximum Gasteiger partial charge on any atom is 0.150 e. The van der Waals surface area contributed by atoms with Crippen molar-refractivity contribution in [3.05, 3.63) is 54.1 Å². The van der Waals surface area contributed by atoms with Crippen LogP contribution < -0.4 is 0 Å². The van der Waals surface area contributed by atoms with Crippen molar-refractivity contribution in [2.24, 2.45) is 0 Å². The Morgan fingerprint density at radius 2 is 1.71 bits per heavy atom. The molecule has 0 amide bonds. The SMILES string of the molecule is Cc1ccccc1-c1nc2ccccc2n1I. The number of imidazole rings is 1. The lowest BCUT2D eigenvalue weighted by molar-refractivity contribution is 1.29. The first kappa shape index (κ1) is 10.8. The van der Waals surface area contributed by atoms with Gasteiger partial charge in [-0.1, -0.05) is 36.4 Å². The van der Waals surface area contributed by atoms with E-state index in [1.54, 1.807) is 0 Å². The summed E-state index contributed by atoms with van der Waals surface area (Å²) in [4.78, 5) is 4.70. The van der Waals surface area contributed by atoms with Crippen molar-refractivity contribution in [2.45, 2.75) is 6.92 Å². The Labute approximate surface area is 114 Å². The minimum atomic E-state index is 1.02. The van der Waals surface area contributed by atoms with Crippen molar-refractivity contribution >= 4 is 33.9 Å². The van der Waals surface area contributed by atoms with Crippen LogP contribution in [0.3, 0.4) is 0 Å². The fraction of sp³-hybridized carbons (Fsp3) is 0.0714. The highest BCUT2D eigenvalue weighted by Crippen LogP contribution is 2.28. The fourth-order valence-electron chi connectivity index (χ4n) is 1.99. The summed E-state index contributed by atoms with van der Waals surface area (Å²) < 4.78 is 2.12. The molecule has 0 saturated carbocycles. The smallest absolute Gasteiger partial charge is 0.150 e. The summed E-state index contributed by atoms with van der Waals surface area (Å²) in [6.07, 6.45) is 0. The normalized spacial score (nSPS) is 10.9. The molecular weight excluding hydrogens is 323 g/mol. The Bertz CT molecular complexity index is 686. The number of aryl methyl sites for hydroxylation is 1. The first-order valence-corrected chi connectivity index (χ1v) is 6.43. The molecule has 0 aliphatic carbocycles. The lowest BCUT2D eigenvalue weighted by Gasteiger charge is -2.03. The average molecular weight is 334 g/mol. The van der Waals surface area contributed by atoms with E-state index in [-0.39, 0.29) is 0 Å². The molecule has 0 radical (unpaired) electrons. The van der Waals surface area contributed by atoms with Gasteiger partial charge < -0.3 is 0 Å². The summed E-state index contributed by atoms with van der Waals surface area (Å²) in [5.74, 6) is 1.02. The second-order valence-electron chi connectivity index (χ2n) is 4.02. The van der Waals surface area contributed by atoms with Crippen LogP contribution >= 0.6 is 22.9 Å². The van der Waals surface area contributed by atoms with Crippen LogP contribution in [0, 0.1) is 6.92 Å². The maximum atomic E-state index is 4.70. The van der Waals surface area contributed by atoms with Crippen molar-refractivity contribution in [3.63, 3.8) is 0 Å². The molecule has 0 unspecified atom stereocenters. The topological polar surface area (TPSA) is 17.8 Å². The molecule has 3 heteroatoms. The number of halogens is 1. The van der Waals surface area contributed by atoms with E-state index < -0.39 is 0 Å². The Morgan fingerprint density at radius 1 is 1.00 bits per heavy atom. The summed E-state index contributed by atoms with van der Waals surface area (Å²) in [6, 6.07) is 16.5. The lowest BCUT2D eigenvalue weighted by Crippen LogP contribution is -1.88. The van der Waals surface area contributed by atoms with Crippen LogP contribution in [0.4, 0.5) is 0 Å². The highest BCUT2D eigenvalue weighted by Gasteiger charge is 2.11. The second kappa shape index (κ2) is 4.14.